The fourth-order valence-corrected chi connectivity index (χ4v) is 1.93. The van der Waals surface area contributed by atoms with Crippen molar-refractivity contribution in [1.29, 1.82) is 0 Å². The van der Waals surface area contributed by atoms with E-state index in [2.05, 4.69) is 10.4 Å². The highest BCUT2D eigenvalue weighted by atomic mass is 35.5. The second-order valence-corrected chi connectivity index (χ2v) is 4.82. The molecule has 0 fully saturated rings. The lowest BCUT2D eigenvalue weighted by molar-refractivity contribution is -0.384. The molecule has 0 saturated carbocycles. The second-order valence-electron chi connectivity index (χ2n) is 4.41. The summed E-state index contributed by atoms with van der Waals surface area (Å²) < 4.78 is 38.4. The molecule has 0 atom stereocenters. The van der Waals surface area contributed by atoms with Gasteiger partial charge in [-0.05, 0) is 12.1 Å². The quantitative estimate of drug-likeness (QED) is 0.681. The fourth-order valence-electron chi connectivity index (χ4n) is 1.74. The third-order valence-electron chi connectivity index (χ3n) is 2.80. The van der Waals surface area contributed by atoms with Crippen LogP contribution in [0.3, 0.4) is 0 Å². The maximum absolute atomic E-state index is 12.6. The van der Waals surface area contributed by atoms with Crippen molar-refractivity contribution in [2.75, 3.05) is 5.32 Å². The maximum Gasteiger partial charge on any atom is 0.435 e. The van der Waals surface area contributed by atoms with E-state index in [0.717, 1.165) is 10.7 Å². The zero-order valence-electron chi connectivity index (χ0n) is 11.4. The van der Waals surface area contributed by atoms with Crippen molar-refractivity contribution in [3.05, 3.63) is 50.8 Å². The van der Waals surface area contributed by atoms with Crippen LogP contribution in [0.5, 0.6) is 0 Å². The highest BCUT2D eigenvalue weighted by Gasteiger charge is 2.35. The summed E-state index contributed by atoms with van der Waals surface area (Å²) >= 11 is 5.63. The van der Waals surface area contributed by atoms with Crippen molar-refractivity contribution in [1.82, 2.24) is 9.78 Å². The molecule has 0 spiro atoms. The normalized spacial score (nSPS) is 11.3. The summed E-state index contributed by atoms with van der Waals surface area (Å²) in [6, 6.07) is 4.06. The number of nitro groups is 1. The largest absolute Gasteiger partial charge is 0.435 e. The van der Waals surface area contributed by atoms with Crippen LogP contribution in [0.4, 0.5) is 24.5 Å². The molecule has 0 bridgehead atoms. The number of nitrogens with zero attached hydrogens (tertiary/aromatic N) is 3. The van der Waals surface area contributed by atoms with Gasteiger partial charge < -0.3 is 5.32 Å². The van der Waals surface area contributed by atoms with Crippen molar-refractivity contribution in [3.63, 3.8) is 0 Å². The monoisotopic (exact) mass is 348 g/mol. The molecular formula is C12H8ClF3N4O3. The van der Waals surface area contributed by atoms with Crippen LogP contribution in [0.2, 0.25) is 5.02 Å². The van der Waals surface area contributed by atoms with E-state index in [0.29, 0.717) is 6.07 Å². The molecule has 23 heavy (non-hydrogen) atoms. The van der Waals surface area contributed by atoms with Crippen LogP contribution < -0.4 is 5.32 Å². The Morgan fingerprint density at radius 2 is 2.04 bits per heavy atom. The topological polar surface area (TPSA) is 90.1 Å². The van der Waals surface area contributed by atoms with Gasteiger partial charge in [0.05, 0.1) is 4.92 Å². The van der Waals surface area contributed by atoms with Crippen molar-refractivity contribution in [2.24, 2.45) is 7.05 Å². The van der Waals surface area contributed by atoms with Gasteiger partial charge in [0, 0.05) is 24.9 Å². The van der Waals surface area contributed by atoms with E-state index in [1.807, 2.05) is 0 Å². The average molecular weight is 349 g/mol. The molecule has 1 aromatic carbocycles. The van der Waals surface area contributed by atoms with E-state index in [9.17, 15) is 28.1 Å². The Morgan fingerprint density at radius 1 is 1.39 bits per heavy atom. The van der Waals surface area contributed by atoms with Gasteiger partial charge in [-0.25, -0.2) is 0 Å². The molecular weight excluding hydrogens is 341 g/mol. The first-order chi connectivity index (χ1) is 10.6. The molecule has 1 N–H and O–H groups in total. The molecule has 0 aliphatic heterocycles. The number of aromatic nitrogens is 2. The predicted octanol–water partition coefficient (Wildman–Crippen LogP) is 3.25. The molecule has 11 heteroatoms. The third-order valence-corrected chi connectivity index (χ3v) is 3.12. The number of rotatable bonds is 3. The van der Waals surface area contributed by atoms with Gasteiger partial charge in [-0.15, -0.1) is 0 Å². The van der Waals surface area contributed by atoms with Gasteiger partial charge in [0.15, 0.2) is 5.69 Å². The highest BCUT2D eigenvalue weighted by Crippen LogP contribution is 2.29. The number of aryl methyl sites for hydroxylation is 1. The van der Waals surface area contributed by atoms with E-state index in [-0.39, 0.29) is 16.4 Å². The van der Waals surface area contributed by atoms with Gasteiger partial charge >= 0.3 is 6.18 Å². The SMILES string of the molecule is Cn1nc(C(F)(F)F)cc1C(=O)Nc1ccc(Cl)c([N+](=O)[O-])c1. The Balaban J connectivity index is 2.28. The van der Waals surface area contributed by atoms with Crippen LogP contribution in [0.1, 0.15) is 16.2 Å². The summed E-state index contributed by atoms with van der Waals surface area (Å²) in [5.74, 6) is -0.896. The molecule has 0 aliphatic rings. The minimum Gasteiger partial charge on any atom is -0.320 e. The van der Waals surface area contributed by atoms with E-state index >= 15 is 0 Å². The number of carbonyl (C=O) groups excluding carboxylic acids is 1. The van der Waals surface area contributed by atoms with Crippen LogP contribution in [0, 0.1) is 10.1 Å². The van der Waals surface area contributed by atoms with E-state index in [1.54, 1.807) is 0 Å². The van der Waals surface area contributed by atoms with Crippen LogP contribution in [-0.2, 0) is 13.2 Å². The van der Waals surface area contributed by atoms with E-state index in [4.69, 9.17) is 11.6 Å². The second kappa shape index (κ2) is 5.88. The van der Waals surface area contributed by atoms with Crippen molar-refractivity contribution in [2.45, 2.75) is 6.18 Å². The number of hydrogen-bond donors (Lipinski definition) is 1. The molecule has 122 valence electrons. The summed E-state index contributed by atoms with van der Waals surface area (Å²) in [5.41, 5.74) is -1.99. The van der Waals surface area contributed by atoms with Gasteiger partial charge in [0.2, 0.25) is 0 Å². The molecule has 0 aliphatic carbocycles. The molecule has 1 heterocycles. The Morgan fingerprint density at radius 3 is 2.57 bits per heavy atom. The number of anilines is 1. The first-order valence-corrected chi connectivity index (χ1v) is 6.34. The average Bonchev–Trinajstić information content (AvgIpc) is 2.82. The predicted molar refractivity (Wildman–Crippen MR) is 74.3 cm³/mol. The molecule has 1 amide bonds. The summed E-state index contributed by atoms with van der Waals surface area (Å²) in [5, 5.41) is 16.1. The standard InChI is InChI=1S/C12H8ClF3N4O3/c1-19-9(5-10(18-19)12(14,15)16)11(21)17-6-2-3-7(13)8(4-6)20(22)23/h2-5H,1H3,(H,17,21). The first kappa shape index (κ1) is 16.7. The van der Waals surface area contributed by atoms with E-state index < -0.39 is 28.4 Å². The van der Waals surface area contributed by atoms with Crippen molar-refractivity contribution >= 4 is 28.9 Å². The fraction of sp³-hybridized carbons (Fsp3) is 0.167. The number of amides is 1. The number of benzene rings is 1. The lowest BCUT2D eigenvalue weighted by Gasteiger charge is -2.05. The molecule has 2 aromatic rings. The van der Waals surface area contributed by atoms with Crippen LogP contribution in [0.15, 0.2) is 24.3 Å². The summed E-state index contributed by atoms with van der Waals surface area (Å²) in [6.45, 7) is 0. The molecule has 0 unspecified atom stereocenters. The number of carbonyl (C=O) groups is 1. The number of alkyl halides is 3. The van der Waals surface area contributed by atoms with E-state index in [1.165, 1.54) is 19.2 Å². The minimum absolute atomic E-state index is 0.0147. The molecule has 2 rings (SSSR count). The Kier molecular flexibility index (Phi) is 4.28. The van der Waals surface area contributed by atoms with Crippen LogP contribution in [0.25, 0.3) is 0 Å². The molecule has 0 radical (unpaired) electrons. The number of nitrogens with one attached hydrogen (secondary N) is 1. The zero-order valence-corrected chi connectivity index (χ0v) is 12.1. The van der Waals surface area contributed by atoms with Crippen molar-refractivity contribution < 1.29 is 22.9 Å². The van der Waals surface area contributed by atoms with Gasteiger partial charge in [-0.1, -0.05) is 11.6 Å². The van der Waals surface area contributed by atoms with Gasteiger partial charge in [0.25, 0.3) is 11.6 Å². The zero-order chi connectivity index (χ0) is 17.4. The lowest BCUT2D eigenvalue weighted by Crippen LogP contribution is -2.16. The Bertz CT molecular complexity index is 788. The number of halogens is 4. The summed E-state index contributed by atoms with van der Waals surface area (Å²) in [4.78, 5) is 22.0. The number of hydrogen-bond acceptors (Lipinski definition) is 4. The third kappa shape index (κ3) is 3.59. The minimum atomic E-state index is -4.69. The van der Waals surface area contributed by atoms with Gasteiger partial charge in [-0.3, -0.25) is 19.6 Å². The smallest absolute Gasteiger partial charge is 0.320 e. The lowest BCUT2D eigenvalue weighted by atomic mass is 10.2. The van der Waals surface area contributed by atoms with Crippen molar-refractivity contribution in [3.8, 4) is 0 Å². The molecule has 0 saturated heterocycles. The summed E-state index contributed by atoms with van der Waals surface area (Å²) in [7, 11) is 1.18. The highest BCUT2D eigenvalue weighted by molar-refractivity contribution is 6.32. The van der Waals surface area contributed by atoms with Crippen LogP contribution >= 0.6 is 11.6 Å². The maximum atomic E-state index is 12.6. The van der Waals surface area contributed by atoms with Gasteiger partial charge in [-0.2, -0.15) is 18.3 Å². The molecule has 7 nitrogen and oxygen atoms in total. The Labute approximate surface area is 131 Å². The van der Waals surface area contributed by atoms with Gasteiger partial charge in [0.1, 0.15) is 10.7 Å². The first-order valence-electron chi connectivity index (χ1n) is 5.96. The van der Waals surface area contributed by atoms with Crippen LogP contribution in [-0.4, -0.2) is 20.6 Å². The number of nitro benzene ring substituents is 1. The summed E-state index contributed by atoms with van der Waals surface area (Å²) in [6.07, 6.45) is -4.69. The Hall–Kier alpha value is -2.62. The molecule has 1 aromatic heterocycles.